The third kappa shape index (κ3) is 5.18. The highest BCUT2D eigenvalue weighted by Gasteiger charge is 2.10. The molecule has 0 spiro atoms. The van der Waals surface area contributed by atoms with E-state index in [2.05, 4.69) is 5.32 Å². The molecule has 0 aromatic heterocycles. The Morgan fingerprint density at radius 3 is 2.85 bits per heavy atom. The average molecular weight is 275 g/mol. The number of carbonyl (C=O) groups is 2. The van der Waals surface area contributed by atoms with Crippen LogP contribution in [0.2, 0.25) is 0 Å². The lowest BCUT2D eigenvalue weighted by molar-refractivity contribution is -0.138. The zero-order valence-corrected chi connectivity index (χ0v) is 11.0. The van der Waals surface area contributed by atoms with Gasteiger partial charge in [-0.25, -0.2) is 0 Å². The van der Waals surface area contributed by atoms with Crippen LogP contribution in [0.5, 0.6) is 0 Å². The van der Waals surface area contributed by atoms with Gasteiger partial charge in [0.15, 0.2) is 5.78 Å². The molecule has 0 aliphatic rings. The van der Waals surface area contributed by atoms with Crippen molar-refractivity contribution in [3.05, 3.63) is 35.4 Å². The van der Waals surface area contributed by atoms with Gasteiger partial charge in [-0.1, -0.05) is 12.1 Å². The summed E-state index contributed by atoms with van der Waals surface area (Å²) in [6.07, 6.45) is 0.944. The summed E-state index contributed by atoms with van der Waals surface area (Å²) in [7, 11) is 0. The van der Waals surface area contributed by atoms with Crippen LogP contribution >= 0.6 is 0 Å². The predicted octanol–water partition coefficient (Wildman–Crippen LogP) is 0.523. The van der Waals surface area contributed by atoms with Gasteiger partial charge in [-0.15, -0.1) is 0 Å². The van der Waals surface area contributed by atoms with Crippen LogP contribution in [0, 0.1) is 11.3 Å². The van der Waals surface area contributed by atoms with Crippen molar-refractivity contribution >= 4 is 11.8 Å². The van der Waals surface area contributed by atoms with E-state index in [-0.39, 0.29) is 12.3 Å². The number of hydrogen-bond acceptors (Lipinski definition) is 5. The molecule has 20 heavy (non-hydrogen) atoms. The summed E-state index contributed by atoms with van der Waals surface area (Å²) in [6, 6.07) is 7.62. The Hall–Kier alpha value is -2.23. The first kappa shape index (κ1) is 15.8. The summed E-state index contributed by atoms with van der Waals surface area (Å²) >= 11 is 0. The SMILES string of the molecule is N#Cc1cccc(C(=O)CNCCC[C@H](N)C(=O)O)c1. The average Bonchev–Trinajstić information content (AvgIpc) is 2.46. The molecule has 6 nitrogen and oxygen atoms in total. The fourth-order valence-electron chi connectivity index (χ4n) is 1.64. The Balaban J connectivity index is 2.30. The number of carboxylic acids is 1. The second-order valence-electron chi connectivity index (χ2n) is 4.38. The highest BCUT2D eigenvalue weighted by atomic mass is 16.4. The number of hydrogen-bond donors (Lipinski definition) is 3. The van der Waals surface area contributed by atoms with Gasteiger partial charge in [-0.3, -0.25) is 9.59 Å². The molecule has 0 amide bonds. The molecular formula is C14H17N3O3. The summed E-state index contributed by atoms with van der Waals surface area (Å²) in [5.74, 6) is -1.13. The number of carboxylic acid groups (broad SMARTS) is 1. The second kappa shape index (κ2) is 8.04. The molecule has 0 fully saturated rings. The molecule has 0 aliphatic heterocycles. The van der Waals surface area contributed by atoms with Crippen molar-refractivity contribution < 1.29 is 14.7 Å². The van der Waals surface area contributed by atoms with Crippen molar-refractivity contribution in [3.8, 4) is 6.07 Å². The van der Waals surface area contributed by atoms with E-state index in [9.17, 15) is 9.59 Å². The Bertz CT molecular complexity index is 523. The standard InChI is InChI=1S/C14H17N3O3/c15-8-10-3-1-4-11(7-10)13(18)9-17-6-2-5-12(16)14(19)20/h1,3-4,7,12,17H,2,5-6,9,16H2,(H,19,20)/t12-/m0/s1. The molecule has 1 aromatic carbocycles. The molecule has 0 heterocycles. The molecule has 6 heteroatoms. The number of aliphatic carboxylic acids is 1. The number of nitriles is 1. The minimum absolute atomic E-state index is 0.107. The van der Waals surface area contributed by atoms with Crippen LogP contribution in [-0.4, -0.2) is 36.0 Å². The summed E-state index contributed by atoms with van der Waals surface area (Å²) in [4.78, 5) is 22.3. The summed E-state index contributed by atoms with van der Waals surface area (Å²) in [6.45, 7) is 0.669. The van der Waals surface area contributed by atoms with Gasteiger partial charge in [0, 0.05) is 5.56 Å². The zero-order valence-electron chi connectivity index (χ0n) is 11.0. The summed E-state index contributed by atoms with van der Waals surface area (Å²) < 4.78 is 0. The number of carbonyl (C=O) groups excluding carboxylic acids is 1. The maximum absolute atomic E-state index is 11.8. The minimum Gasteiger partial charge on any atom is -0.480 e. The molecule has 4 N–H and O–H groups in total. The van der Waals surface area contributed by atoms with E-state index in [1.54, 1.807) is 24.3 Å². The first-order chi connectivity index (χ1) is 9.54. The van der Waals surface area contributed by atoms with Crippen LogP contribution in [-0.2, 0) is 4.79 Å². The first-order valence-corrected chi connectivity index (χ1v) is 6.27. The largest absolute Gasteiger partial charge is 0.480 e. The number of nitrogens with one attached hydrogen (secondary N) is 1. The molecule has 1 rings (SSSR count). The number of Topliss-reactive ketones (excluding diaryl/α,β-unsaturated/α-hetero) is 1. The lowest BCUT2D eigenvalue weighted by atomic mass is 10.1. The summed E-state index contributed by atoms with van der Waals surface area (Å²) in [5, 5.41) is 20.3. The molecule has 106 valence electrons. The minimum atomic E-state index is -1.02. The Kier molecular flexibility index (Phi) is 6.37. The first-order valence-electron chi connectivity index (χ1n) is 6.27. The highest BCUT2D eigenvalue weighted by Crippen LogP contribution is 2.04. The lowest BCUT2D eigenvalue weighted by Gasteiger charge is -2.07. The van der Waals surface area contributed by atoms with Crippen molar-refractivity contribution in [2.75, 3.05) is 13.1 Å². The third-order valence-corrected chi connectivity index (χ3v) is 2.79. The van der Waals surface area contributed by atoms with Crippen LogP contribution in [0.3, 0.4) is 0 Å². The number of rotatable bonds is 8. The van der Waals surface area contributed by atoms with Gasteiger partial charge >= 0.3 is 5.97 Å². The van der Waals surface area contributed by atoms with E-state index in [0.717, 1.165) is 0 Å². The molecule has 0 bridgehead atoms. The Morgan fingerprint density at radius 2 is 2.20 bits per heavy atom. The van der Waals surface area contributed by atoms with Gasteiger partial charge in [-0.05, 0) is 31.5 Å². The van der Waals surface area contributed by atoms with Gasteiger partial charge in [0.1, 0.15) is 6.04 Å². The Labute approximate surface area is 117 Å². The molecule has 0 unspecified atom stereocenters. The molecule has 0 saturated carbocycles. The van der Waals surface area contributed by atoms with Crippen LogP contribution in [0.1, 0.15) is 28.8 Å². The topological polar surface area (TPSA) is 116 Å². The van der Waals surface area contributed by atoms with Crippen LogP contribution in [0.15, 0.2) is 24.3 Å². The number of ketones is 1. The van der Waals surface area contributed by atoms with Crippen molar-refractivity contribution in [2.45, 2.75) is 18.9 Å². The zero-order chi connectivity index (χ0) is 15.0. The molecule has 0 saturated heterocycles. The fourth-order valence-corrected chi connectivity index (χ4v) is 1.64. The van der Waals surface area contributed by atoms with Crippen LogP contribution < -0.4 is 11.1 Å². The summed E-state index contributed by atoms with van der Waals surface area (Å²) in [5.41, 5.74) is 6.29. The number of nitrogens with zero attached hydrogens (tertiary/aromatic N) is 1. The van der Waals surface area contributed by atoms with Crippen LogP contribution in [0.4, 0.5) is 0 Å². The normalized spacial score (nSPS) is 11.6. The van der Waals surface area contributed by atoms with Crippen molar-refractivity contribution in [2.24, 2.45) is 5.73 Å². The maximum atomic E-state index is 11.8. The fraction of sp³-hybridized carbons (Fsp3) is 0.357. The van der Waals surface area contributed by atoms with Gasteiger partial charge in [0.25, 0.3) is 0 Å². The molecule has 0 aliphatic carbocycles. The van der Waals surface area contributed by atoms with Gasteiger partial charge in [0.05, 0.1) is 18.2 Å². The third-order valence-electron chi connectivity index (χ3n) is 2.79. The van der Waals surface area contributed by atoms with Crippen molar-refractivity contribution in [3.63, 3.8) is 0 Å². The van der Waals surface area contributed by atoms with E-state index >= 15 is 0 Å². The quantitative estimate of drug-likeness (QED) is 0.470. The van der Waals surface area contributed by atoms with E-state index in [1.165, 1.54) is 0 Å². The van der Waals surface area contributed by atoms with E-state index in [0.29, 0.717) is 30.5 Å². The Morgan fingerprint density at radius 1 is 1.45 bits per heavy atom. The second-order valence-corrected chi connectivity index (χ2v) is 4.38. The molecule has 0 radical (unpaired) electrons. The van der Waals surface area contributed by atoms with Gasteiger partial charge in [0.2, 0.25) is 0 Å². The molecule has 1 atom stereocenters. The smallest absolute Gasteiger partial charge is 0.320 e. The molecule has 1 aromatic rings. The monoisotopic (exact) mass is 275 g/mol. The highest BCUT2D eigenvalue weighted by molar-refractivity contribution is 5.97. The van der Waals surface area contributed by atoms with E-state index < -0.39 is 12.0 Å². The van der Waals surface area contributed by atoms with Gasteiger partial charge < -0.3 is 16.2 Å². The van der Waals surface area contributed by atoms with Crippen molar-refractivity contribution in [1.82, 2.24) is 5.32 Å². The number of benzene rings is 1. The van der Waals surface area contributed by atoms with Gasteiger partial charge in [-0.2, -0.15) is 5.26 Å². The lowest BCUT2D eigenvalue weighted by Crippen LogP contribution is -2.31. The van der Waals surface area contributed by atoms with E-state index in [4.69, 9.17) is 16.1 Å². The molecular weight excluding hydrogens is 258 g/mol. The van der Waals surface area contributed by atoms with Crippen LogP contribution in [0.25, 0.3) is 0 Å². The predicted molar refractivity (Wildman–Crippen MR) is 73.2 cm³/mol. The number of nitrogens with two attached hydrogens (primary N) is 1. The maximum Gasteiger partial charge on any atom is 0.320 e. The van der Waals surface area contributed by atoms with Crippen molar-refractivity contribution in [1.29, 1.82) is 5.26 Å². The van der Waals surface area contributed by atoms with E-state index in [1.807, 2.05) is 6.07 Å².